The summed E-state index contributed by atoms with van der Waals surface area (Å²) in [7, 11) is 0. The van der Waals surface area contributed by atoms with Crippen molar-refractivity contribution in [3.63, 3.8) is 0 Å². The Hall–Kier alpha value is -1.73. The zero-order valence-corrected chi connectivity index (χ0v) is 16.6. The standard InChI is InChI=1S/C22H34O6/c1-2-3-4-5-6-7-8-9-10-11-18(24)21-16-19(25)20(28-21)14-12-17(23)13-15-22(26)27/h3-4,6-7,9-10,12,14,17-21,23-25H,2,5,8,11,13,15-16H2,1H3,(H,26,27)/b4-3-,7-6-,10-9-,14-12+/t17-,18+,19-,20-,21-/m0/s1. The minimum Gasteiger partial charge on any atom is -0.481 e. The van der Waals surface area contributed by atoms with Gasteiger partial charge in [-0.05, 0) is 32.1 Å². The van der Waals surface area contributed by atoms with Crippen LogP contribution < -0.4 is 0 Å². The van der Waals surface area contributed by atoms with Crippen molar-refractivity contribution in [2.24, 2.45) is 0 Å². The number of ether oxygens (including phenoxy) is 1. The molecule has 0 spiro atoms. The summed E-state index contributed by atoms with van der Waals surface area (Å²) in [5, 5.41) is 38.6. The van der Waals surface area contributed by atoms with Crippen LogP contribution in [0, 0.1) is 0 Å². The molecule has 0 aliphatic carbocycles. The molecule has 1 rings (SSSR count). The molecule has 1 aliphatic rings. The molecule has 1 heterocycles. The molecule has 0 radical (unpaired) electrons. The minimum absolute atomic E-state index is 0.106. The number of carboxylic acid groups (broad SMARTS) is 1. The lowest BCUT2D eigenvalue weighted by molar-refractivity contribution is -0.137. The lowest BCUT2D eigenvalue weighted by Gasteiger charge is -2.16. The summed E-state index contributed by atoms with van der Waals surface area (Å²) in [6.07, 6.45) is 15.4. The highest BCUT2D eigenvalue weighted by molar-refractivity contribution is 5.66. The van der Waals surface area contributed by atoms with E-state index in [0.717, 1.165) is 19.3 Å². The molecule has 28 heavy (non-hydrogen) atoms. The predicted molar refractivity (Wildman–Crippen MR) is 109 cm³/mol. The van der Waals surface area contributed by atoms with E-state index in [0.29, 0.717) is 12.8 Å². The van der Waals surface area contributed by atoms with Gasteiger partial charge in [0.05, 0.1) is 24.4 Å². The second kappa shape index (κ2) is 14.3. The third-order valence-corrected chi connectivity index (χ3v) is 4.45. The number of hydrogen-bond acceptors (Lipinski definition) is 5. The summed E-state index contributed by atoms with van der Waals surface area (Å²) < 4.78 is 5.67. The molecule has 0 aromatic rings. The van der Waals surface area contributed by atoms with Gasteiger partial charge in [-0.15, -0.1) is 0 Å². The zero-order valence-electron chi connectivity index (χ0n) is 16.6. The van der Waals surface area contributed by atoms with Gasteiger partial charge in [-0.1, -0.05) is 55.5 Å². The number of allylic oxidation sites excluding steroid dienone is 5. The number of hydrogen-bond donors (Lipinski definition) is 4. The molecule has 0 aromatic heterocycles. The van der Waals surface area contributed by atoms with Crippen molar-refractivity contribution in [2.75, 3.05) is 0 Å². The largest absolute Gasteiger partial charge is 0.481 e. The van der Waals surface area contributed by atoms with E-state index in [1.807, 2.05) is 12.2 Å². The summed E-state index contributed by atoms with van der Waals surface area (Å²) in [5.74, 6) is -0.968. The van der Waals surface area contributed by atoms with E-state index in [9.17, 15) is 20.1 Å². The van der Waals surface area contributed by atoms with E-state index in [-0.39, 0.29) is 12.8 Å². The van der Waals surface area contributed by atoms with Crippen LogP contribution in [-0.2, 0) is 9.53 Å². The zero-order chi connectivity index (χ0) is 20.8. The summed E-state index contributed by atoms with van der Waals surface area (Å²) in [5.41, 5.74) is 0. The van der Waals surface area contributed by atoms with Crippen LogP contribution in [-0.4, -0.2) is 56.9 Å². The van der Waals surface area contributed by atoms with Crippen LogP contribution in [0.5, 0.6) is 0 Å². The highest BCUT2D eigenvalue weighted by atomic mass is 16.5. The normalized spacial score (nSPS) is 25.5. The van der Waals surface area contributed by atoms with E-state index in [1.54, 1.807) is 0 Å². The number of carboxylic acids is 1. The summed E-state index contributed by atoms with van der Waals surface area (Å²) >= 11 is 0. The molecule has 0 unspecified atom stereocenters. The van der Waals surface area contributed by atoms with Crippen LogP contribution in [0.3, 0.4) is 0 Å². The molecule has 1 aliphatic heterocycles. The van der Waals surface area contributed by atoms with Crippen LogP contribution >= 0.6 is 0 Å². The van der Waals surface area contributed by atoms with Gasteiger partial charge in [0.15, 0.2) is 0 Å². The molecular formula is C22H34O6. The third-order valence-electron chi connectivity index (χ3n) is 4.45. The van der Waals surface area contributed by atoms with Crippen molar-refractivity contribution >= 4 is 5.97 Å². The molecule has 0 aromatic carbocycles. The van der Waals surface area contributed by atoms with Gasteiger partial charge >= 0.3 is 5.97 Å². The summed E-state index contributed by atoms with van der Waals surface area (Å²) in [4.78, 5) is 10.5. The molecule has 4 N–H and O–H groups in total. The van der Waals surface area contributed by atoms with Crippen molar-refractivity contribution in [3.05, 3.63) is 48.6 Å². The van der Waals surface area contributed by atoms with Crippen LogP contribution in [0.1, 0.15) is 51.9 Å². The Morgan fingerprint density at radius 3 is 2.39 bits per heavy atom. The maximum Gasteiger partial charge on any atom is 0.303 e. The first-order valence-corrected chi connectivity index (χ1v) is 9.98. The van der Waals surface area contributed by atoms with E-state index in [1.165, 1.54) is 12.2 Å². The Morgan fingerprint density at radius 2 is 1.75 bits per heavy atom. The van der Waals surface area contributed by atoms with Crippen molar-refractivity contribution in [2.45, 2.75) is 82.4 Å². The molecular weight excluding hydrogens is 360 g/mol. The lowest BCUT2D eigenvalue weighted by Crippen LogP contribution is -2.25. The van der Waals surface area contributed by atoms with E-state index >= 15 is 0 Å². The number of aliphatic hydroxyl groups is 3. The maximum absolute atomic E-state index is 10.5. The molecule has 0 saturated carbocycles. The SMILES string of the molecule is CC/C=C\C/C=C\C/C=C\C[C@@H](O)[C@@H]1C[C@H](O)[C@H](/C=C/[C@H](O)CCC(=O)O)O1. The van der Waals surface area contributed by atoms with Crippen molar-refractivity contribution in [1.82, 2.24) is 0 Å². The average molecular weight is 395 g/mol. The van der Waals surface area contributed by atoms with Gasteiger partial charge in [0.25, 0.3) is 0 Å². The Bertz CT molecular complexity index is 551. The highest BCUT2D eigenvalue weighted by Gasteiger charge is 2.35. The van der Waals surface area contributed by atoms with Crippen molar-refractivity contribution < 1.29 is 30.0 Å². The molecule has 1 fully saturated rings. The highest BCUT2D eigenvalue weighted by Crippen LogP contribution is 2.25. The topological polar surface area (TPSA) is 107 Å². The van der Waals surface area contributed by atoms with Crippen LogP contribution in [0.2, 0.25) is 0 Å². The molecule has 0 amide bonds. The van der Waals surface area contributed by atoms with Crippen LogP contribution in [0.25, 0.3) is 0 Å². The Labute approximate surface area is 167 Å². The number of rotatable bonds is 13. The first kappa shape index (κ1) is 24.3. The minimum atomic E-state index is -0.968. The fraction of sp³-hybridized carbons (Fsp3) is 0.591. The van der Waals surface area contributed by atoms with Gasteiger partial charge < -0.3 is 25.2 Å². The smallest absolute Gasteiger partial charge is 0.303 e. The van der Waals surface area contributed by atoms with Gasteiger partial charge in [-0.25, -0.2) is 0 Å². The van der Waals surface area contributed by atoms with Crippen LogP contribution in [0.4, 0.5) is 0 Å². The first-order valence-electron chi connectivity index (χ1n) is 9.98. The third kappa shape index (κ3) is 10.6. The summed E-state index contributed by atoms with van der Waals surface area (Å²) in [6.45, 7) is 2.10. The second-order valence-electron chi connectivity index (χ2n) is 6.92. The monoisotopic (exact) mass is 394 g/mol. The second-order valence-corrected chi connectivity index (χ2v) is 6.92. The molecule has 0 bridgehead atoms. The van der Waals surface area contributed by atoms with E-state index in [2.05, 4.69) is 31.2 Å². The number of aliphatic hydroxyl groups excluding tert-OH is 3. The van der Waals surface area contributed by atoms with E-state index in [4.69, 9.17) is 9.84 Å². The quantitative estimate of drug-likeness (QED) is 0.358. The van der Waals surface area contributed by atoms with Gasteiger partial charge in [0.1, 0.15) is 6.10 Å². The first-order chi connectivity index (χ1) is 13.4. The predicted octanol–water partition coefficient (Wildman–Crippen LogP) is 2.90. The lowest BCUT2D eigenvalue weighted by atomic mass is 10.0. The Kier molecular flexibility index (Phi) is 12.4. The Morgan fingerprint density at radius 1 is 1.11 bits per heavy atom. The summed E-state index contributed by atoms with van der Waals surface area (Å²) in [6, 6.07) is 0. The number of aliphatic carboxylic acids is 1. The van der Waals surface area contributed by atoms with Gasteiger partial charge in [-0.2, -0.15) is 0 Å². The molecule has 1 saturated heterocycles. The maximum atomic E-state index is 10.5. The van der Waals surface area contributed by atoms with Crippen molar-refractivity contribution in [1.29, 1.82) is 0 Å². The Balaban J connectivity index is 2.31. The molecule has 6 heteroatoms. The molecule has 6 nitrogen and oxygen atoms in total. The van der Waals surface area contributed by atoms with Gasteiger partial charge in [0.2, 0.25) is 0 Å². The van der Waals surface area contributed by atoms with E-state index < -0.39 is 36.5 Å². The molecule has 158 valence electrons. The fourth-order valence-corrected chi connectivity index (χ4v) is 2.84. The fourth-order valence-electron chi connectivity index (χ4n) is 2.84. The van der Waals surface area contributed by atoms with Gasteiger partial charge in [0, 0.05) is 12.8 Å². The average Bonchev–Trinajstić information content (AvgIpc) is 3.04. The van der Waals surface area contributed by atoms with Crippen molar-refractivity contribution in [3.8, 4) is 0 Å². The van der Waals surface area contributed by atoms with Gasteiger partial charge in [-0.3, -0.25) is 4.79 Å². The molecule has 5 atom stereocenters. The van der Waals surface area contributed by atoms with Crippen LogP contribution in [0.15, 0.2) is 48.6 Å². The number of carbonyl (C=O) groups is 1.